The molecule has 1 aromatic rings. The summed E-state index contributed by atoms with van der Waals surface area (Å²) in [6.07, 6.45) is -0.531. The number of benzene rings is 1. The first-order valence-corrected chi connectivity index (χ1v) is 6.23. The smallest absolute Gasteiger partial charge is 0.407 e. The van der Waals surface area contributed by atoms with Crippen molar-refractivity contribution in [3.05, 3.63) is 29.8 Å². The summed E-state index contributed by atoms with van der Waals surface area (Å²) in [6, 6.07) is 7.53. The maximum atomic E-state index is 11.6. The lowest BCUT2D eigenvalue weighted by Crippen LogP contribution is -2.32. The summed E-state index contributed by atoms with van der Waals surface area (Å²) in [4.78, 5) is 13.5. The first-order valence-electron chi connectivity index (χ1n) is 6.23. The second-order valence-corrected chi connectivity index (χ2v) is 4.68. The standard InChI is InChI=1S/C14H22N2O3/c1-11(10-16(2)3)19-14(17)15-9-12-5-7-13(18-4)8-6-12/h5-8,11H,9-10H2,1-4H3,(H,15,17). The molecule has 0 spiro atoms. The molecule has 19 heavy (non-hydrogen) atoms. The summed E-state index contributed by atoms with van der Waals surface area (Å²) in [5.41, 5.74) is 0.998. The Morgan fingerprint density at radius 3 is 2.47 bits per heavy atom. The molecule has 0 bridgehead atoms. The van der Waals surface area contributed by atoms with Gasteiger partial charge in [-0.25, -0.2) is 4.79 Å². The van der Waals surface area contributed by atoms with E-state index in [0.717, 1.165) is 11.3 Å². The average Bonchev–Trinajstić information content (AvgIpc) is 2.36. The summed E-state index contributed by atoms with van der Waals surface area (Å²) < 4.78 is 10.3. The maximum Gasteiger partial charge on any atom is 0.407 e. The Hall–Kier alpha value is -1.75. The third kappa shape index (κ3) is 6.10. The zero-order valence-electron chi connectivity index (χ0n) is 12.0. The van der Waals surface area contributed by atoms with Crippen LogP contribution in [0.2, 0.25) is 0 Å². The highest BCUT2D eigenvalue weighted by atomic mass is 16.6. The van der Waals surface area contributed by atoms with Gasteiger partial charge >= 0.3 is 6.09 Å². The van der Waals surface area contributed by atoms with Crippen molar-refractivity contribution in [2.24, 2.45) is 0 Å². The number of ether oxygens (including phenoxy) is 2. The third-order valence-corrected chi connectivity index (χ3v) is 2.53. The molecule has 5 heteroatoms. The Morgan fingerprint density at radius 2 is 1.95 bits per heavy atom. The third-order valence-electron chi connectivity index (χ3n) is 2.53. The van der Waals surface area contributed by atoms with Gasteiger partial charge in [-0.2, -0.15) is 0 Å². The molecule has 1 atom stereocenters. The van der Waals surface area contributed by atoms with Crippen LogP contribution < -0.4 is 10.1 Å². The van der Waals surface area contributed by atoms with E-state index in [2.05, 4.69) is 5.32 Å². The van der Waals surface area contributed by atoms with Gasteiger partial charge in [0.05, 0.1) is 7.11 Å². The monoisotopic (exact) mass is 266 g/mol. The predicted molar refractivity (Wildman–Crippen MR) is 74.3 cm³/mol. The highest BCUT2D eigenvalue weighted by molar-refractivity contribution is 5.67. The number of nitrogens with one attached hydrogen (secondary N) is 1. The quantitative estimate of drug-likeness (QED) is 0.854. The number of alkyl carbamates (subject to hydrolysis) is 1. The molecule has 0 radical (unpaired) electrons. The van der Waals surface area contributed by atoms with Crippen LogP contribution in [0.15, 0.2) is 24.3 Å². The van der Waals surface area contributed by atoms with E-state index < -0.39 is 6.09 Å². The van der Waals surface area contributed by atoms with Gasteiger partial charge in [-0.15, -0.1) is 0 Å². The van der Waals surface area contributed by atoms with Crippen LogP contribution in [-0.4, -0.2) is 44.8 Å². The average molecular weight is 266 g/mol. The lowest BCUT2D eigenvalue weighted by atomic mass is 10.2. The predicted octanol–water partition coefficient (Wildman–Crippen LogP) is 1.87. The van der Waals surface area contributed by atoms with E-state index in [4.69, 9.17) is 9.47 Å². The normalized spacial score (nSPS) is 12.1. The van der Waals surface area contributed by atoms with Crippen LogP contribution in [0.25, 0.3) is 0 Å². The fraction of sp³-hybridized carbons (Fsp3) is 0.500. The molecule has 0 aromatic heterocycles. The molecule has 1 unspecified atom stereocenters. The van der Waals surface area contributed by atoms with Crippen LogP contribution >= 0.6 is 0 Å². The second kappa shape index (κ2) is 7.63. The summed E-state index contributed by atoms with van der Waals surface area (Å²) in [7, 11) is 5.50. The molecule has 0 fully saturated rings. The Kier molecular flexibility index (Phi) is 6.15. The minimum Gasteiger partial charge on any atom is -0.497 e. The van der Waals surface area contributed by atoms with Gasteiger partial charge in [0, 0.05) is 13.1 Å². The van der Waals surface area contributed by atoms with Crippen molar-refractivity contribution < 1.29 is 14.3 Å². The number of carbonyl (C=O) groups is 1. The van der Waals surface area contributed by atoms with Gasteiger partial charge in [0.2, 0.25) is 0 Å². The molecule has 0 aliphatic heterocycles. The van der Waals surface area contributed by atoms with Crippen LogP contribution in [0, 0.1) is 0 Å². The topological polar surface area (TPSA) is 50.8 Å². The number of nitrogens with zero attached hydrogens (tertiary/aromatic N) is 1. The minimum absolute atomic E-state index is 0.133. The second-order valence-electron chi connectivity index (χ2n) is 4.68. The lowest BCUT2D eigenvalue weighted by Gasteiger charge is -2.17. The molecule has 0 heterocycles. The van der Waals surface area contributed by atoms with Crippen molar-refractivity contribution in [1.82, 2.24) is 10.2 Å². The zero-order valence-corrected chi connectivity index (χ0v) is 12.0. The number of methoxy groups -OCH3 is 1. The molecule has 1 rings (SSSR count). The number of hydrogen-bond donors (Lipinski definition) is 1. The van der Waals surface area contributed by atoms with Gasteiger partial charge in [-0.05, 0) is 38.7 Å². The fourth-order valence-electron chi connectivity index (χ4n) is 1.69. The van der Waals surface area contributed by atoms with E-state index in [0.29, 0.717) is 13.1 Å². The number of carbonyl (C=O) groups excluding carboxylic acids is 1. The Balaban J connectivity index is 2.33. The van der Waals surface area contributed by atoms with Gasteiger partial charge in [-0.1, -0.05) is 12.1 Å². The minimum atomic E-state index is -0.398. The maximum absolute atomic E-state index is 11.6. The Bertz CT molecular complexity index is 390. The first kappa shape index (κ1) is 15.3. The highest BCUT2D eigenvalue weighted by Crippen LogP contribution is 2.10. The number of likely N-dealkylation sites (N-methyl/N-ethyl adjacent to an activating group) is 1. The van der Waals surface area contributed by atoms with Crippen LogP contribution in [0.3, 0.4) is 0 Å². The molecule has 0 aliphatic rings. The SMILES string of the molecule is COc1ccc(CNC(=O)OC(C)CN(C)C)cc1. The molecular weight excluding hydrogens is 244 g/mol. The van der Waals surface area contributed by atoms with E-state index in [1.165, 1.54) is 0 Å². The number of hydrogen-bond acceptors (Lipinski definition) is 4. The molecule has 0 saturated carbocycles. The van der Waals surface area contributed by atoms with Crippen LogP contribution in [-0.2, 0) is 11.3 Å². The van der Waals surface area contributed by atoms with Crippen molar-refractivity contribution in [2.45, 2.75) is 19.6 Å². The van der Waals surface area contributed by atoms with Gasteiger partial charge in [0.1, 0.15) is 11.9 Å². The van der Waals surface area contributed by atoms with Gasteiger partial charge < -0.3 is 19.7 Å². The first-order chi connectivity index (χ1) is 9.01. The summed E-state index contributed by atoms with van der Waals surface area (Å²) in [6.45, 7) is 3.01. The molecule has 0 saturated heterocycles. The summed E-state index contributed by atoms with van der Waals surface area (Å²) in [5.74, 6) is 0.797. The molecule has 1 amide bonds. The molecule has 1 N–H and O–H groups in total. The van der Waals surface area contributed by atoms with E-state index in [9.17, 15) is 4.79 Å². The fourth-order valence-corrected chi connectivity index (χ4v) is 1.69. The van der Waals surface area contributed by atoms with Crippen molar-refractivity contribution in [3.8, 4) is 5.75 Å². The van der Waals surface area contributed by atoms with Crippen molar-refractivity contribution in [1.29, 1.82) is 0 Å². The van der Waals surface area contributed by atoms with E-state index in [-0.39, 0.29) is 6.10 Å². The van der Waals surface area contributed by atoms with Gasteiger partial charge in [-0.3, -0.25) is 0 Å². The van der Waals surface area contributed by atoms with Crippen molar-refractivity contribution >= 4 is 6.09 Å². The Labute approximate surface area is 114 Å². The van der Waals surface area contributed by atoms with Gasteiger partial charge in [0.15, 0.2) is 0 Å². The molecular formula is C14H22N2O3. The molecule has 5 nitrogen and oxygen atoms in total. The number of rotatable bonds is 6. The molecule has 1 aromatic carbocycles. The molecule has 0 aliphatic carbocycles. The molecule has 106 valence electrons. The van der Waals surface area contributed by atoms with E-state index >= 15 is 0 Å². The largest absolute Gasteiger partial charge is 0.497 e. The number of amides is 1. The lowest BCUT2D eigenvalue weighted by molar-refractivity contribution is 0.0905. The summed E-state index contributed by atoms with van der Waals surface area (Å²) >= 11 is 0. The zero-order chi connectivity index (χ0) is 14.3. The van der Waals surface area contributed by atoms with E-state index in [1.807, 2.05) is 50.2 Å². The van der Waals surface area contributed by atoms with Crippen molar-refractivity contribution in [3.63, 3.8) is 0 Å². The summed E-state index contributed by atoms with van der Waals surface area (Å²) in [5, 5.41) is 2.72. The highest BCUT2D eigenvalue weighted by Gasteiger charge is 2.09. The van der Waals surface area contributed by atoms with Crippen LogP contribution in [0.1, 0.15) is 12.5 Å². The van der Waals surface area contributed by atoms with Crippen molar-refractivity contribution in [2.75, 3.05) is 27.7 Å². The van der Waals surface area contributed by atoms with E-state index in [1.54, 1.807) is 7.11 Å². The van der Waals surface area contributed by atoms with Crippen LogP contribution in [0.5, 0.6) is 5.75 Å². The van der Waals surface area contributed by atoms with Crippen LogP contribution in [0.4, 0.5) is 4.79 Å². The Morgan fingerprint density at radius 1 is 1.32 bits per heavy atom. The van der Waals surface area contributed by atoms with Gasteiger partial charge in [0.25, 0.3) is 0 Å².